The Morgan fingerprint density at radius 3 is 2.55 bits per heavy atom. The van der Waals surface area contributed by atoms with E-state index in [2.05, 4.69) is 10.3 Å². The van der Waals surface area contributed by atoms with Crippen LogP contribution in [-0.4, -0.2) is 11.0 Å². The molecule has 8 heteroatoms. The zero-order chi connectivity index (χ0) is 14.9. The summed E-state index contributed by atoms with van der Waals surface area (Å²) in [6.07, 6.45) is -4.51. The van der Waals surface area contributed by atoms with Crippen molar-refractivity contribution in [3.8, 4) is 0 Å². The first-order valence-electron chi connectivity index (χ1n) is 5.41. The Morgan fingerprint density at radius 1 is 1.35 bits per heavy atom. The fourth-order valence-corrected chi connectivity index (χ4v) is 2.41. The number of anilines is 2. The quantitative estimate of drug-likeness (QED) is 0.946. The van der Waals surface area contributed by atoms with Crippen LogP contribution in [0.3, 0.4) is 0 Å². The molecule has 106 valence electrons. The molecule has 0 radical (unpaired) electrons. The summed E-state index contributed by atoms with van der Waals surface area (Å²) in [6, 6.07) is 4.89. The lowest BCUT2D eigenvalue weighted by atomic mass is 10.2. The average Bonchev–Trinajstić information content (AvgIpc) is 2.69. The van der Waals surface area contributed by atoms with Gasteiger partial charge in [-0.05, 0) is 19.1 Å². The van der Waals surface area contributed by atoms with E-state index in [1.54, 1.807) is 0 Å². The molecule has 1 heterocycles. The van der Waals surface area contributed by atoms with Crippen molar-refractivity contribution >= 4 is 28.1 Å². The first kappa shape index (κ1) is 14.3. The highest BCUT2D eigenvalue weighted by molar-refractivity contribution is 7.17. The van der Waals surface area contributed by atoms with Crippen LogP contribution >= 0.6 is 11.3 Å². The minimum atomic E-state index is -4.51. The predicted molar refractivity (Wildman–Crippen MR) is 65.9 cm³/mol. The van der Waals surface area contributed by atoms with Crippen molar-refractivity contribution in [3.05, 3.63) is 40.4 Å². The van der Waals surface area contributed by atoms with Gasteiger partial charge >= 0.3 is 6.18 Å². The van der Waals surface area contributed by atoms with Crippen LogP contribution in [-0.2, 0) is 6.18 Å². The van der Waals surface area contributed by atoms with Gasteiger partial charge in [-0.25, -0.2) is 4.98 Å². The van der Waals surface area contributed by atoms with Crippen LogP contribution in [0.1, 0.15) is 20.9 Å². The van der Waals surface area contributed by atoms with Crippen LogP contribution < -0.4 is 10.4 Å². The van der Waals surface area contributed by atoms with E-state index in [-0.39, 0.29) is 21.4 Å². The van der Waals surface area contributed by atoms with E-state index in [1.165, 1.54) is 25.1 Å². The van der Waals surface area contributed by atoms with E-state index in [0.717, 1.165) is 17.4 Å². The number of para-hydroxylation sites is 1. The van der Waals surface area contributed by atoms with Gasteiger partial charge in [0.1, 0.15) is 0 Å². The van der Waals surface area contributed by atoms with Crippen molar-refractivity contribution in [3.63, 3.8) is 0 Å². The Balaban J connectivity index is 2.36. The Kier molecular flexibility index (Phi) is 3.67. The molecule has 1 aromatic heterocycles. The van der Waals surface area contributed by atoms with Crippen molar-refractivity contribution in [2.24, 2.45) is 0 Å². The predicted octanol–water partition coefficient (Wildman–Crippen LogP) is 2.58. The molecule has 0 fully saturated rings. The molecule has 0 aliphatic rings. The van der Waals surface area contributed by atoms with Gasteiger partial charge in [-0.1, -0.05) is 23.5 Å². The fourth-order valence-electron chi connectivity index (χ4n) is 1.59. The lowest BCUT2D eigenvalue weighted by molar-refractivity contribution is -0.254. The highest BCUT2D eigenvalue weighted by atomic mass is 32.1. The topological polar surface area (TPSA) is 65.0 Å². The monoisotopic (exact) mass is 301 g/mol. The number of carbonyl (C=O) groups is 1. The summed E-state index contributed by atoms with van der Waals surface area (Å²) in [7, 11) is 0. The maximum atomic E-state index is 12.8. The minimum absolute atomic E-state index is 0.0680. The fraction of sp³-hybridized carbons (Fsp3) is 0.167. The number of alkyl halides is 3. The highest BCUT2D eigenvalue weighted by Gasteiger charge is 2.33. The van der Waals surface area contributed by atoms with Crippen molar-refractivity contribution in [1.82, 2.24) is 4.98 Å². The number of thiazole rings is 1. The third-order valence-corrected chi connectivity index (χ3v) is 3.51. The number of halogens is 3. The number of benzene rings is 1. The van der Waals surface area contributed by atoms with Crippen LogP contribution in [0.5, 0.6) is 0 Å². The molecule has 0 aliphatic carbocycles. The summed E-state index contributed by atoms with van der Waals surface area (Å²) in [6.45, 7) is 1.45. The van der Waals surface area contributed by atoms with Crippen molar-refractivity contribution in [2.45, 2.75) is 13.1 Å². The van der Waals surface area contributed by atoms with Gasteiger partial charge in [-0.3, -0.25) is 0 Å². The molecular formula is C12H8F3N2O2S-. The molecule has 0 atom stereocenters. The van der Waals surface area contributed by atoms with Gasteiger partial charge in [0.15, 0.2) is 5.13 Å². The molecule has 0 aliphatic heterocycles. The third-order valence-electron chi connectivity index (χ3n) is 2.46. The summed E-state index contributed by atoms with van der Waals surface area (Å²) in [5, 5.41) is 13.3. The van der Waals surface area contributed by atoms with Gasteiger partial charge in [0, 0.05) is 0 Å². The standard InChI is InChI=1S/C12H9F3N2O2S/c1-6-9(10(18)19)20-11(16-6)17-8-5-3-2-4-7(8)12(13,14)15/h2-5H,1H3,(H,16,17)(H,18,19)/p-1. The molecule has 1 aromatic carbocycles. The maximum Gasteiger partial charge on any atom is 0.418 e. The first-order valence-corrected chi connectivity index (χ1v) is 6.22. The molecular weight excluding hydrogens is 293 g/mol. The number of hydrogen-bond acceptors (Lipinski definition) is 5. The first-order chi connectivity index (χ1) is 9.29. The summed E-state index contributed by atoms with van der Waals surface area (Å²) in [4.78, 5) is 14.5. The number of nitrogens with zero attached hydrogens (tertiary/aromatic N) is 1. The SMILES string of the molecule is Cc1nc(Nc2ccccc2C(F)(F)F)sc1C(=O)[O-]. The van der Waals surface area contributed by atoms with E-state index < -0.39 is 17.7 Å². The maximum absolute atomic E-state index is 12.8. The van der Waals surface area contributed by atoms with Crippen LogP contribution in [0.2, 0.25) is 0 Å². The summed E-state index contributed by atoms with van der Waals surface area (Å²) >= 11 is 0.730. The lowest BCUT2D eigenvalue weighted by Crippen LogP contribution is -2.21. The van der Waals surface area contributed by atoms with Crippen molar-refractivity contribution < 1.29 is 23.1 Å². The average molecular weight is 301 g/mol. The van der Waals surface area contributed by atoms with E-state index in [4.69, 9.17) is 0 Å². The zero-order valence-electron chi connectivity index (χ0n) is 10.1. The highest BCUT2D eigenvalue weighted by Crippen LogP contribution is 2.36. The van der Waals surface area contributed by atoms with Crippen LogP contribution in [0.25, 0.3) is 0 Å². The Morgan fingerprint density at radius 2 is 2.00 bits per heavy atom. The Hall–Kier alpha value is -2.09. The smallest absolute Gasteiger partial charge is 0.418 e. The molecule has 2 aromatic rings. The molecule has 0 spiro atoms. The Labute approximate surface area is 115 Å². The zero-order valence-corrected chi connectivity index (χ0v) is 10.9. The molecule has 1 N–H and O–H groups in total. The molecule has 20 heavy (non-hydrogen) atoms. The van der Waals surface area contributed by atoms with E-state index in [0.29, 0.717) is 0 Å². The van der Waals surface area contributed by atoms with Gasteiger partial charge < -0.3 is 15.2 Å². The van der Waals surface area contributed by atoms with Gasteiger partial charge in [0.2, 0.25) is 0 Å². The van der Waals surface area contributed by atoms with E-state index >= 15 is 0 Å². The molecule has 0 saturated carbocycles. The second-order valence-corrected chi connectivity index (χ2v) is 4.89. The van der Waals surface area contributed by atoms with Crippen LogP contribution in [0.4, 0.5) is 24.0 Å². The number of carboxylic acids is 1. The molecule has 4 nitrogen and oxygen atoms in total. The van der Waals surface area contributed by atoms with E-state index in [9.17, 15) is 23.1 Å². The Bertz CT molecular complexity index is 652. The second kappa shape index (κ2) is 5.12. The molecule has 0 unspecified atom stereocenters. The van der Waals surface area contributed by atoms with Crippen molar-refractivity contribution in [1.29, 1.82) is 0 Å². The number of aromatic nitrogens is 1. The molecule has 0 amide bonds. The minimum Gasteiger partial charge on any atom is -0.544 e. The number of hydrogen-bond donors (Lipinski definition) is 1. The van der Waals surface area contributed by atoms with Gasteiger partial charge in [-0.15, -0.1) is 0 Å². The number of carbonyl (C=O) groups excluding carboxylic acids is 1. The molecule has 0 bridgehead atoms. The molecule has 0 saturated heterocycles. The number of nitrogens with one attached hydrogen (secondary N) is 1. The number of rotatable bonds is 3. The van der Waals surface area contributed by atoms with Gasteiger partial charge in [-0.2, -0.15) is 13.2 Å². The number of aromatic carboxylic acids is 1. The molecule has 2 rings (SSSR count). The van der Waals surface area contributed by atoms with E-state index in [1.807, 2.05) is 0 Å². The summed E-state index contributed by atoms with van der Waals surface area (Å²) in [5.41, 5.74) is -0.830. The summed E-state index contributed by atoms with van der Waals surface area (Å²) < 4.78 is 38.4. The van der Waals surface area contributed by atoms with Gasteiger partial charge in [0.25, 0.3) is 0 Å². The van der Waals surface area contributed by atoms with Crippen LogP contribution in [0.15, 0.2) is 24.3 Å². The second-order valence-electron chi connectivity index (χ2n) is 3.89. The summed E-state index contributed by atoms with van der Waals surface area (Å²) in [5.74, 6) is -1.41. The third kappa shape index (κ3) is 2.90. The van der Waals surface area contributed by atoms with Gasteiger partial charge in [0.05, 0.1) is 27.8 Å². The van der Waals surface area contributed by atoms with Crippen molar-refractivity contribution in [2.75, 3.05) is 5.32 Å². The lowest BCUT2D eigenvalue weighted by Gasteiger charge is -2.12. The van der Waals surface area contributed by atoms with Crippen LogP contribution in [0, 0.1) is 6.92 Å². The number of carboxylic acid groups (broad SMARTS) is 1. The largest absolute Gasteiger partial charge is 0.544 e. The number of aryl methyl sites for hydroxylation is 1. The normalized spacial score (nSPS) is 11.4.